The van der Waals surface area contributed by atoms with Gasteiger partial charge in [-0.15, -0.1) is 0 Å². The van der Waals surface area contributed by atoms with E-state index in [9.17, 15) is 4.79 Å². The first-order valence-corrected chi connectivity index (χ1v) is 8.38. The summed E-state index contributed by atoms with van der Waals surface area (Å²) in [4.78, 5) is 23.4. The average Bonchev–Trinajstić information content (AvgIpc) is 3.31. The zero-order valence-electron chi connectivity index (χ0n) is 14.0. The number of carbonyl (C=O) groups excluding carboxylic acids is 1. The SMILES string of the molecule is Cn1ccnc1C(=O)[C@@H]1CCCN(c2nc(-c3ccccc3)no2)C1. The molecule has 1 aromatic carbocycles. The maximum atomic E-state index is 12.7. The summed E-state index contributed by atoms with van der Waals surface area (Å²) >= 11 is 0. The molecular weight excluding hydrogens is 318 g/mol. The van der Waals surface area contributed by atoms with Gasteiger partial charge in [0.05, 0.1) is 0 Å². The Labute approximate surface area is 145 Å². The van der Waals surface area contributed by atoms with Crippen LogP contribution in [0.15, 0.2) is 47.2 Å². The zero-order chi connectivity index (χ0) is 17.2. The Morgan fingerprint density at radius 2 is 2.12 bits per heavy atom. The smallest absolute Gasteiger partial charge is 0.324 e. The Balaban J connectivity index is 1.51. The minimum absolute atomic E-state index is 0.0694. The lowest BCUT2D eigenvalue weighted by Crippen LogP contribution is -2.39. The molecule has 0 aliphatic carbocycles. The van der Waals surface area contributed by atoms with Crippen LogP contribution >= 0.6 is 0 Å². The van der Waals surface area contributed by atoms with E-state index in [-0.39, 0.29) is 11.7 Å². The highest BCUT2D eigenvalue weighted by atomic mass is 16.5. The van der Waals surface area contributed by atoms with E-state index in [1.807, 2.05) is 42.3 Å². The first-order valence-electron chi connectivity index (χ1n) is 8.38. The van der Waals surface area contributed by atoms with Gasteiger partial charge in [0.1, 0.15) is 0 Å². The number of piperidine rings is 1. The van der Waals surface area contributed by atoms with Gasteiger partial charge in [-0.1, -0.05) is 35.5 Å². The molecule has 2 aromatic heterocycles. The van der Waals surface area contributed by atoms with Gasteiger partial charge in [0.2, 0.25) is 11.6 Å². The van der Waals surface area contributed by atoms with Crippen LogP contribution in [0.1, 0.15) is 23.5 Å². The van der Waals surface area contributed by atoms with E-state index in [4.69, 9.17) is 4.52 Å². The molecule has 1 aliphatic rings. The highest BCUT2D eigenvalue weighted by molar-refractivity contribution is 5.95. The van der Waals surface area contributed by atoms with Crippen molar-refractivity contribution >= 4 is 11.8 Å². The molecule has 0 saturated carbocycles. The maximum absolute atomic E-state index is 12.7. The molecule has 4 rings (SSSR count). The number of ketones is 1. The van der Waals surface area contributed by atoms with Crippen LogP contribution in [0.2, 0.25) is 0 Å². The normalized spacial score (nSPS) is 17.6. The third-order valence-corrected chi connectivity index (χ3v) is 4.55. The summed E-state index contributed by atoms with van der Waals surface area (Å²) in [6.07, 6.45) is 5.20. The van der Waals surface area contributed by atoms with E-state index in [0.717, 1.165) is 24.9 Å². The van der Waals surface area contributed by atoms with Gasteiger partial charge in [-0.3, -0.25) is 4.79 Å². The van der Waals surface area contributed by atoms with Crippen molar-refractivity contribution in [3.63, 3.8) is 0 Å². The fourth-order valence-electron chi connectivity index (χ4n) is 3.20. The van der Waals surface area contributed by atoms with Gasteiger partial charge in [-0.05, 0) is 12.8 Å². The number of benzene rings is 1. The van der Waals surface area contributed by atoms with E-state index < -0.39 is 0 Å². The Kier molecular flexibility index (Phi) is 4.05. The Morgan fingerprint density at radius 1 is 1.28 bits per heavy atom. The predicted molar refractivity (Wildman–Crippen MR) is 92.2 cm³/mol. The molecule has 0 bridgehead atoms. The van der Waals surface area contributed by atoms with Gasteiger partial charge >= 0.3 is 6.01 Å². The fraction of sp³-hybridized carbons (Fsp3) is 0.333. The number of aryl methyl sites for hydroxylation is 1. The highest BCUT2D eigenvalue weighted by Crippen LogP contribution is 2.26. The van der Waals surface area contributed by atoms with Crippen LogP contribution in [0.5, 0.6) is 0 Å². The highest BCUT2D eigenvalue weighted by Gasteiger charge is 2.30. The molecule has 7 nitrogen and oxygen atoms in total. The summed E-state index contributed by atoms with van der Waals surface area (Å²) in [5.74, 6) is 1.03. The summed E-state index contributed by atoms with van der Waals surface area (Å²) in [5, 5.41) is 4.07. The quantitative estimate of drug-likeness (QED) is 0.681. The van der Waals surface area contributed by atoms with Crippen molar-refractivity contribution in [1.29, 1.82) is 0 Å². The second kappa shape index (κ2) is 6.51. The molecule has 0 radical (unpaired) electrons. The van der Waals surface area contributed by atoms with E-state index in [2.05, 4.69) is 15.1 Å². The van der Waals surface area contributed by atoms with Gasteiger partial charge in [-0.25, -0.2) is 4.98 Å². The summed E-state index contributed by atoms with van der Waals surface area (Å²) in [6.45, 7) is 1.38. The molecule has 3 aromatic rings. The van der Waals surface area contributed by atoms with Crippen LogP contribution in [0.3, 0.4) is 0 Å². The molecule has 1 fully saturated rings. The van der Waals surface area contributed by atoms with Crippen molar-refractivity contribution in [2.75, 3.05) is 18.0 Å². The molecule has 7 heteroatoms. The average molecular weight is 337 g/mol. The second-order valence-corrected chi connectivity index (χ2v) is 6.28. The number of imidazole rings is 1. The van der Waals surface area contributed by atoms with Gasteiger partial charge in [0, 0.05) is 44.0 Å². The number of carbonyl (C=O) groups is 1. The molecule has 1 saturated heterocycles. The van der Waals surface area contributed by atoms with Crippen molar-refractivity contribution in [3.05, 3.63) is 48.5 Å². The topological polar surface area (TPSA) is 77.1 Å². The van der Waals surface area contributed by atoms with Gasteiger partial charge < -0.3 is 14.0 Å². The van der Waals surface area contributed by atoms with Crippen molar-refractivity contribution in [1.82, 2.24) is 19.7 Å². The van der Waals surface area contributed by atoms with E-state index in [0.29, 0.717) is 24.2 Å². The number of aromatic nitrogens is 4. The van der Waals surface area contributed by atoms with E-state index in [1.165, 1.54) is 0 Å². The monoisotopic (exact) mass is 337 g/mol. The van der Waals surface area contributed by atoms with Crippen LogP contribution in [0.4, 0.5) is 6.01 Å². The summed E-state index contributed by atoms with van der Waals surface area (Å²) in [7, 11) is 1.84. The number of Topliss-reactive ketones (excluding diaryl/α,β-unsaturated/α-hetero) is 1. The minimum Gasteiger partial charge on any atom is -0.332 e. The molecule has 128 valence electrons. The molecule has 0 spiro atoms. The van der Waals surface area contributed by atoms with Crippen LogP contribution in [-0.4, -0.2) is 38.6 Å². The molecule has 1 atom stereocenters. The van der Waals surface area contributed by atoms with E-state index in [1.54, 1.807) is 17.0 Å². The van der Waals surface area contributed by atoms with E-state index >= 15 is 0 Å². The van der Waals surface area contributed by atoms with Crippen LogP contribution in [0.25, 0.3) is 11.4 Å². The molecule has 0 amide bonds. The first-order chi connectivity index (χ1) is 12.2. The second-order valence-electron chi connectivity index (χ2n) is 6.28. The Bertz CT molecular complexity index is 870. The molecule has 0 N–H and O–H groups in total. The molecular formula is C18H19N5O2. The van der Waals surface area contributed by atoms with Crippen LogP contribution < -0.4 is 4.90 Å². The number of anilines is 1. The van der Waals surface area contributed by atoms with Gasteiger partial charge in [-0.2, -0.15) is 4.98 Å². The van der Waals surface area contributed by atoms with Crippen molar-refractivity contribution in [2.24, 2.45) is 13.0 Å². The standard InChI is InChI=1S/C18H19N5O2/c1-22-11-9-19-17(22)15(24)14-8-5-10-23(12-14)18-20-16(21-25-18)13-6-3-2-4-7-13/h2-4,6-7,9,11,14H,5,8,10,12H2,1H3/t14-/m1/s1. The largest absolute Gasteiger partial charge is 0.332 e. The third-order valence-electron chi connectivity index (χ3n) is 4.55. The van der Waals surface area contributed by atoms with Crippen LogP contribution in [0, 0.1) is 5.92 Å². The Morgan fingerprint density at radius 3 is 2.88 bits per heavy atom. The van der Waals surface area contributed by atoms with Crippen LogP contribution in [-0.2, 0) is 7.05 Å². The lowest BCUT2D eigenvalue weighted by molar-refractivity contribution is 0.0892. The number of hydrogen-bond donors (Lipinski definition) is 0. The maximum Gasteiger partial charge on any atom is 0.324 e. The number of rotatable bonds is 4. The summed E-state index contributed by atoms with van der Waals surface area (Å²) in [6, 6.07) is 10.2. The van der Waals surface area contributed by atoms with Crippen molar-refractivity contribution < 1.29 is 9.32 Å². The summed E-state index contributed by atoms with van der Waals surface area (Å²) in [5.41, 5.74) is 0.912. The van der Waals surface area contributed by atoms with Crippen molar-refractivity contribution in [3.8, 4) is 11.4 Å². The fourth-order valence-corrected chi connectivity index (χ4v) is 3.20. The lowest BCUT2D eigenvalue weighted by Gasteiger charge is -2.30. The molecule has 25 heavy (non-hydrogen) atoms. The van der Waals surface area contributed by atoms with Gasteiger partial charge in [0.15, 0.2) is 5.82 Å². The molecule has 3 heterocycles. The number of hydrogen-bond acceptors (Lipinski definition) is 6. The van der Waals surface area contributed by atoms with Crippen molar-refractivity contribution in [2.45, 2.75) is 12.8 Å². The first kappa shape index (κ1) is 15.6. The third kappa shape index (κ3) is 3.05. The zero-order valence-corrected chi connectivity index (χ0v) is 14.0. The molecule has 0 unspecified atom stereocenters. The minimum atomic E-state index is -0.109. The molecule has 1 aliphatic heterocycles. The lowest BCUT2D eigenvalue weighted by atomic mass is 9.93. The number of nitrogens with zero attached hydrogens (tertiary/aromatic N) is 5. The van der Waals surface area contributed by atoms with Gasteiger partial charge in [0.25, 0.3) is 0 Å². The Hall–Kier alpha value is -2.96. The summed E-state index contributed by atoms with van der Waals surface area (Å²) < 4.78 is 7.20. The predicted octanol–water partition coefficient (Wildman–Crippen LogP) is 2.57.